The van der Waals surface area contributed by atoms with Crippen molar-refractivity contribution in [1.82, 2.24) is 25.0 Å². The monoisotopic (exact) mass is 323 g/mol. The number of urea groups is 1. The van der Waals surface area contributed by atoms with Crippen LogP contribution < -0.4 is 0 Å². The molecule has 126 valence electrons. The van der Waals surface area contributed by atoms with E-state index in [1.54, 1.807) is 9.80 Å². The summed E-state index contributed by atoms with van der Waals surface area (Å²) >= 11 is 0. The fraction of sp³-hybridized carbons (Fsp3) is 0.800. The lowest BCUT2D eigenvalue weighted by Gasteiger charge is -2.31. The van der Waals surface area contributed by atoms with Crippen molar-refractivity contribution in [1.29, 1.82) is 0 Å². The summed E-state index contributed by atoms with van der Waals surface area (Å²) in [5.41, 5.74) is 0. The molecule has 0 aromatic carbocycles. The van der Waals surface area contributed by atoms with E-state index < -0.39 is 6.67 Å². The molecule has 4 rings (SSSR count). The number of alkyl halides is 1. The molecular formula is C15H22FN5O2. The number of aromatic nitrogens is 3. The molecule has 23 heavy (non-hydrogen) atoms. The first-order valence-electron chi connectivity index (χ1n) is 8.36. The smallest absolute Gasteiger partial charge is 0.320 e. The number of H-pyrrole nitrogens is 1. The van der Waals surface area contributed by atoms with Gasteiger partial charge in [0.1, 0.15) is 5.82 Å². The van der Waals surface area contributed by atoms with Gasteiger partial charge in [0.15, 0.2) is 5.82 Å². The molecule has 8 heteroatoms. The molecule has 1 aliphatic carbocycles. The molecule has 2 saturated heterocycles. The van der Waals surface area contributed by atoms with Crippen LogP contribution in [0, 0.1) is 5.92 Å². The van der Waals surface area contributed by atoms with Gasteiger partial charge in [-0.3, -0.25) is 9.49 Å². The number of hydrogen-bond donors (Lipinski definition) is 1. The minimum Gasteiger partial charge on any atom is -0.378 e. The fourth-order valence-electron chi connectivity index (χ4n) is 3.43. The third-order valence-electron chi connectivity index (χ3n) is 5.01. The summed E-state index contributed by atoms with van der Waals surface area (Å²) in [6, 6.07) is -0.0174. The van der Waals surface area contributed by atoms with Crippen LogP contribution in [0.15, 0.2) is 0 Å². The van der Waals surface area contributed by atoms with E-state index in [4.69, 9.17) is 4.74 Å². The zero-order valence-corrected chi connectivity index (χ0v) is 13.1. The van der Waals surface area contributed by atoms with Crippen LogP contribution in [-0.4, -0.2) is 77.1 Å². The Morgan fingerprint density at radius 2 is 2.04 bits per heavy atom. The summed E-state index contributed by atoms with van der Waals surface area (Å²) in [7, 11) is 0. The fourth-order valence-corrected chi connectivity index (χ4v) is 3.43. The second-order valence-electron chi connectivity index (χ2n) is 6.66. The van der Waals surface area contributed by atoms with Crippen molar-refractivity contribution >= 4 is 6.03 Å². The maximum absolute atomic E-state index is 13.5. The number of amides is 2. The highest BCUT2D eigenvalue weighted by Crippen LogP contribution is 2.39. The number of morpholine rings is 1. The molecule has 2 amide bonds. The molecule has 0 spiro atoms. The molecule has 7 nitrogen and oxygen atoms in total. The average Bonchev–Trinajstić information content (AvgIpc) is 3.17. The highest BCUT2D eigenvalue weighted by molar-refractivity contribution is 5.75. The summed E-state index contributed by atoms with van der Waals surface area (Å²) in [5.74, 6) is 1.74. The van der Waals surface area contributed by atoms with Gasteiger partial charge in [-0.2, -0.15) is 5.10 Å². The van der Waals surface area contributed by atoms with E-state index in [1.807, 2.05) is 0 Å². The van der Waals surface area contributed by atoms with Crippen LogP contribution >= 0.6 is 0 Å². The molecular weight excluding hydrogens is 301 g/mol. The van der Waals surface area contributed by atoms with E-state index in [2.05, 4.69) is 15.2 Å². The lowest BCUT2D eigenvalue weighted by molar-refractivity contribution is 0.0447. The first-order chi connectivity index (χ1) is 11.3. The second-order valence-corrected chi connectivity index (χ2v) is 6.66. The van der Waals surface area contributed by atoms with E-state index in [-0.39, 0.29) is 17.9 Å². The minimum atomic E-state index is -0.447. The Labute approximate surface area is 134 Å². The van der Waals surface area contributed by atoms with Crippen molar-refractivity contribution in [3.8, 4) is 0 Å². The van der Waals surface area contributed by atoms with Crippen LogP contribution in [0.5, 0.6) is 0 Å². The molecule has 2 atom stereocenters. The van der Waals surface area contributed by atoms with Crippen LogP contribution in [0.1, 0.15) is 36.3 Å². The highest BCUT2D eigenvalue weighted by Gasteiger charge is 2.40. The maximum atomic E-state index is 13.5. The largest absolute Gasteiger partial charge is 0.378 e. The van der Waals surface area contributed by atoms with Crippen LogP contribution in [-0.2, 0) is 4.74 Å². The molecule has 3 aliphatic rings. The quantitative estimate of drug-likeness (QED) is 0.904. The van der Waals surface area contributed by atoms with E-state index in [0.717, 1.165) is 24.5 Å². The second kappa shape index (κ2) is 6.07. The van der Waals surface area contributed by atoms with Crippen LogP contribution in [0.4, 0.5) is 9.18 Å². The third kappa shape index (κ3) is 2.91. The number of nitrogens with zero attached hydrogens (tertiary/aromatic N) is 4. The lowest BCUT2D eigenvalue weighted by atomic mass is 9.97. The van der Waals surface area contributed by atoms with Crippen LogP contribution in [0.25, 0.3) is 0 Å². The predicted molar refractivity (Wildman–Crippen MR) is 79.9 cm³/mol. The van der Waals surface area contributed by atoms with Crippen molar-refractivity contribution in [3.63, 3.8) is 0 Å². The number of nitrogens with one attached hydrogen (secondary N) is 1. The Morgan fingerprint density at radius 1 is 1.26 bits per heavy atom. The summed E-state index contributed by atoms with van der Waals surface area (Å²) in [4.78, 5) is 20.7. The zero-order chi connectivity index (χ0) is 15.8. The van der Waals surface area contributed by atoms with Gasteiger partial charge < -0.3 is 14.5 Å². The van der Waals surface area contributed by atoms with Crippen molar-refractivity contribution in [3.05, 3.63) is 11.6 Å². The van der Waals surface area contributed by atoms with Gasteiger partial charge in [-0.05, 0) is 12.8 Å². The van der Waals surface area contributed by atoms with Gasteiger partial charge in [0, 0.05) is 43.9 Å². The number of carbonyl (C=O) groups is 1. The predicted octanol–water partition coefficient (Wildman–Crippen LogP) is 1.12. The van der Waals surface area contributed by atoms with Crippen molar-refractivity contribution in [2.24, 2.45) is 5.92 Å². The summed E-state index contributed by atoms with van der Waals surface area (Å²) < 4.78 is 18.7. The number of halogens is 1. The SMILES string of the molecule is O=C(N1CCOCC1)N1C[C@@H](CF)[C@H](c2nc(C3CC3)n[nH]2)C1. The Morgan fingerprint density at radius 3 is 2.74 bits per heavy atom. The molecule has 2 aliphatic heterocycles. The Bertz CT molecular complexity index is 570. The number of rotatable bonds is 3. The van der Waals surface area contributed by atoms with Gasteiger partial charge >= 0.3 is 6.03 Å². The Hall–Kier alpha value is -1.70. The topological polar surface area (TPSA) is 74.3 Å². The number of carbonyl (C=O) groups excluding carboxylic acids is 1. The van der Waals surface area contributed by atoms with Crippen LogP contribution in [0.3, 0.4) is 0 Å². The molecule has 0 radical (unpaired) electrons. The Balaban J connectivity index is 1.46. The van der Waals surface area contributed by atoms with Gasteiger partial charge in [0.25, 0.3) is 0 Å². The zero-order valence-electron chi connectivity index (χ0n) is 13.1. The van der Waals surface area contributed by atoms with Gasteiger partial charge in [0.05, 0.1) is 19.9 Å². The van der Waals surface area contributed by atoms with Crippen molar-refractivity contribution in [2.75, 3.05) is 46.1 Å². The Kier molecular flexibility index (Phi) is 3.92. The highest BCUT2D eigenvalue weighted by atomic mass is 19.1. The molecule has 1 aromatic heterocycles. The number of likely N-dealkylation sites (tertiary alicyclic amines) is 1. The van der Waals surface area contributed by atoms with Crippen molar-refractivity contribution in [2.45, 2.75) is 24.7 Å². The maximum Gasteiger partial charge on any atom is 0.320 e. The first-order valence-corrected chi connectivity index (χ1v) is 8.36. The molecule has 0 bridgehead atoms. The molecule has 1 aromatic rings. The molecule has 1 N–H and O–H groups in total. The summed E-state index contributed by atoms with van der Waals surface area (Å²) in [5, 5.41) is 7.24. The minimum absolute atomic E-state index is 0.0174. The van der Waals surface area contributed by atoms with Crippen LogP contribution in [0.2, 0.25) is 0 Å². The number of ether oxygens (including phenoxy) is 1. The van der Waals surface area contributed by atoms with Crippen molar-refractivity contribution < 1.29 is 13.9 Å². The lowest BCUT2D eigenvalue weighted by Crippen LogP contribution is -2.47. The van der Waals surface area contributed by atoms with Gasteiger partial charge in [-0.15, -0.1) is 0 Å². The summed E-state index contributed by atoms with van der Waals surface area (Å²) in [6.07, 6.45) is 2.27. The van der Waals surface area contributed by atoms with E-state index in [0.29, 0.717) is 45.3 Å². The molecule has 3 heterocycles. The van der Waals surface area contributed by atoms with E-state index in [9.17, 15) is 9.18 Å². The average molecular weight is 323 g/mol. The first kappa shape index (κ1) is 14.9. The molecule has 0 unspecified atom stereocenters. The number of aromatic amines is 1. The van der Waals surface area contributed by atoms with Gasteiger partial charge in [-0.1, -0.05) is 0 Å². The number of hydrogen-bond acceptors (Lipinski definition) is 4. The summed E-state index contributed by atoms with van der Waals surface area (Å²) in [6.45, 7) is 2.85. The van der Waals surface area contributed by atoms with E-state index in [1.165, 1.54) is 0 Å². The molecule has 1 saturated carbocycles. The third-order valence-corrected chi connectivity index (χ3v) is 5.01. The van der Waals surface area contributed by atoms with Gasteiger partial charge in [0.2, 0.25) is 0 Å². The normalized spacial score (nSPS) is 28.4. The standard InChI is InChI=1S/C15H22FN5O2/c16-7-11-8-21(15(22)20-3-5-23-6-4-20)9-12(11)14-17-13(18-19-14)10-1-2-10/h10-12H,1-9H2,(H,17,18,19)/t11-,12-/m1/s1. The molecule has 3 fully saturated rings. The van der Waals surface area contributed by atoms with Gasteiger partial charge in [-0.25, -0.2) is 9.78 Å². The van der Waals surface area contributed by atoms with E-state index >= 15 is 0 Å².